The van der Waals surface area contributed by atoms with Gasteiger partial charge in [0.2, 0.25) is 29.5 Å². The number of primary amides is 2. The second-order valence-corrected chi connectivity index (χ2v) is 7.68. The van der Waals surface area contributed by atoms with Crippen molar-refractivity contribution in [2.24, 2.45) is 17.2 Å². The third-order valence-electron chi connectivity index (χ3n) is 4.68. The summed E-state index contributed by atoms with van der Waals surface area (Å²) < 4.78 is 0. The normalized spacial score (nSPS) is 13.9. The van der Waals surface area contributed by atoms with Crippen molar-refractivity contribution in [1.29, 1.82) is 0 Å². The molecule has 0 aliphatic rings. The Labute approximate surface area is 203 Å². The first-order valence-electron chi connectivity index (χ1n) is 10.4. The highest BCUT2D eigenvalue weighted by Crippen LogP contribution is 2.04. The number of imidazole rings is 1. The molecule has 17 heteroatoms. The number of aliphatic carboxylic acids is 2. The van der Waals surface area contributed by atoms with Crippen LogP contribution in [-0.2, 0) is 40.0 Å². The van der Waals surface area contributed by atoms with Crippen molar-refractivity contribution in [3.05, 3.63) is 18.2 Å². The summed E-state index contributed by atoms with van der Waals surface area (Å²) in [6.45, 7) is 0. The quantitative estimate of drug-likeness (QED) is 0.101. The van der Waals surface area contributed by atoms with Crippen LogP contribution in [0.2, 0.25) is 0 Å². The first-order chi connectivity index (χ1) is 16.8. The summed E-state index contributed by atoms with van der Waals surface area (Å²) in [7, 11) is 0. The number of nitrogens with zero attached hydrogens (tertiary/aromatic N) is 1. The second-order valence-electron chi connectivity index (χ2n) is 7.68. The number of hydrogen-bond donors (Lipinski definition) is 9. The smallest absolute Gasteiger partial charge is 0.326 e. The number of aromatic nitrogens is 2. The van der Waals surface area contributed by atoms with Crippen LogP contribution >= 0.6 is 0 Å². The van der Waals surface area contributed by atoms with Crippen LogP contribution in [0.1, 0.15) is 31.4 Å². The molecular weight excluding hydrogens is 484 g/mol. The number of H-pyrrole nitrogens is 1. The maximum Gasteiger partial charge on any atom is 0.326 e. The van der Waals surface area contributed by atoms with Gasteiger partial charge in [0.1, 0.15) is 18.1 Å². The average molecular weight is 512 g/mol. The highest BCUT2D eigenvalue weighted by atomic mass is 16.4. The van der Waals surface area contributed by atoms with Crippen LogP contribution in [0.15, 0.2) is 12.5 Å². The lowest BCUT2D eigenvalue weighted by atomic mass is 10.1. The van der Waals surface area contributed by atoms with E-state index in [-0.39, 0.29) is 19.3 Å². The van der Waals surface area contributed by atoms with Crippen LogP contribution in [0.5, 0.6) is 0 Å². The molecule has 17 nitrogen and oxygen atoms in total. The van der Waals surface area contributed by atoms with Gasteiger partial charge in [0.15, 0.2) is 0 Å². The van der Waals surface area contributed by atoms with Crippen LogP contribution < -0.4 is 33.2 Å². The summed E-state index contributed by atoms with van der Waals surface area (Å²) in [6, 6.07) is -6.22. The summed E-state index contributed by atoms with van der Waals surface area (Å²) >= 11 is 0. The van der Waals surface area contributed by atoms with Gasteiger partial charge in [-0.15, -0.1) is 0 Å². The van der Waals surface area contributed by atoms with Gasteiger partial charge >= 0.3 is 11.9 Å². The third kappa shape index (κ3) is 10.6. The lowest BCUT2D eigenvalue weighted by Crippen LogP contribution is -2.58. The highest BCUT2D eigenvalue weighted by molar-refractivity contribution is 5.97. The summed E-state index contributed by atoms with van der Waals surface area (Å²) in [5.41, 5.74) is 16.1. The molecule has 0 aliphatic heterocycles. The molecule has 4 unspecified atom stereocenters. The molecule has 0 bridgehead atoms. The zero-order valence-electron chi connectivity index (χ0n) is 18.9. The molecule has 0 aliphatic carbocycles. The topological polar surface area (TPSA) is 303 Å². The van der Waals surface area contributed by atoms with E-state index in [2.05, 4.69) is 25.9 Å². The van der Waals surface area contributed by atoms with Crippen molar-refractivity contribution in [2.45, 2.75) is 56.3 Å². The molecule has 12 N–H and O–H groups in total. The van der Waals surface area contributed by atoms with Crippen LogP contribution in [0.4, 0.5) is 0 Å². The Morgan fingerprint density at radius 2 is 1.42 bits per heavy atom. The second kappa shape index (κ2) is 14.0. The van der Waals surface area contributed by atoms with E-state index in [0.29, 0.717) is 5.69 Å². The summed E-state index contributed by atoms with van der Waals surface area (Å²) in [5.74, 6) is -7.96. The molecule has 1 aromatic rings. The Bertz CT molecular complexity index is 982. The first kappa shape index (κ1) is 29.5. The van der Waals surface area contributed by atoms with E-state index in [4.69, 9.17) is 22.3 Å². The fourth-order valence-electron chi connectivity index (χ4n) is 2.86. The molecule has 1 rings (SSSR count). The van der Waals surface area contributed by atoms with Crippen molar-refractivity contribution in [3.8, 4) is 0 Å². The van der Waals surface area contributed by atoms with Crippen LogP contribution in [0.25, 0.3) is 0 Å². The summed E-state index contributed by atoms with van der Waals surface area (Å²) in [5, 5.41) is 24.9. The Balaban J connectivity index is 2.97. The maximum absolute atomic E-state index is 12.7. The fourth-order valence-corrected chi connectivity index (χ4v) is 2.86. The molecule has 0 aromatic carbocycles. The van der Waals surface area contributed by atoms with Crippen molar-refractivity contribution < 1.29 is 43.8 Å². The van der Waals surface area contributed by atoms with Gasteiger partial charge in [0.25, 0.3) is 0 Å². The van der Waals surface area contributed by atoms with Gasteiger partial charge in [0.05, 0.1) is 25.2 Å². The van der Waals surface area contributed by atoms with Crippen molar-refractivity contribution in [1.82, 2.24) is 25.9 Å². The summed E-state index contributed by atoms with van der Waals surface area (Å²) in [6.07, 6.45) is 0.301. The number of carboxylic acid groups (broad SMARTS) is 2. The highest BCUT2D eigenvalue weighted by Gasteiger charge is 2.32. The SMILES string of the molecule is NC(=O)CCC(N)C(=O)NC(CC(N)=O)C(=O)NC(CC(=O)O)C(=O)NC(Cc1cnc[nH]1)C(=O)O. The minimum Gasteiger partial charge on any atom is -0.481 e. The molecule has 36 heavy (non-hydrogen) atoms. The number of carbonyl (C=O) groups is 7. The predicted molar refractivity (Wildman–Crippen MR) is 118 cm³/mol. The largest absolute Gasteiger partial charge is 0.481 e. The number of nitrogens with two attached hydrogens (primary N) is 3. The molecule has 4 atom stereocenters. The average Bonchev–Trinajstić information content (AvgIpc) is 3.28. The minimum atomic E-state index is -1.78. The standard InChI is InChI=1S/C19H28N8O9/c20-9(1-2-13(21)28)16(32)25-10(4-14(22)29)17(33)26-11(5-15(30)31)18(34)27-12(19(35)36)3-8-6-23-7-24-8/h6-7,9-12H,1-5,20H2,(H2,21,28)(H2,22,29)(H,23,24)(H,25,32)(H,26,33)(H,27,34)(H,30,31)(H,35,36). The van der Waals surface area contributed by atoms with Gasteiger partial charge in [-0.1, -0.05) is 0 Å². The number of aromatic amines is 1. The van der Waals surface area contributed by atoms with Crippen LogP contribution in [0, 0.1) is 0 Å². The van der Waals surface area contributed by atoms with Crippen molar-refractivity contribution in [3.63, 3.8) is 0 Å². The minimum absolute atomic E-state index is 0.164. The lowest BCUT2D eigenvalue weighted by molar-refractivity contribution is -0.144. The van der Waals surface area contributed by atoms with E-state index in [0.717, 1.165) is 0 Å². The number of hydrogen-bond acceptors (Lipinski definition) is 9. The Hall–Kier alpha value is -4.54. The molecule has 0 saturated carbocycles. The van der Waals surface area contributed by atoms with Crippen LogP contribution in [-0.4, -0.2) is 85.8 Å². The third-order valence-corrected chi connectivity index (χ3v) is 4.68. The Kier molecular flexibility index (Phi) is 11.5. The molecule has 0 saturated heterocycles. The zero-order valence-corrected chi connectivity index (χ0v) is 18.9. The molecule has 0 spiro atoms. The van der Waals surface area contributed by atoms with Gasteiger partial charge in [-0.25, -0.2) is 9.78 Å². The number of carboxylic acids is 2. The summed E-state index contributed by atoms with van der Waals surface area (Å²) in [4.78, 5) is 89.1. The van der Waals surface area contributed by atoms with E-state index >= 15 is 0 Å². The number of nitrogens with one attached hydrogen (secondary N) is 4. The van der Waals surface area contributed by atoms with E-state index in [1.807, 2.05) is 0 Å². The Morgan fingerprint density at radius 1 is 0.861 bits per heavy atom. The first-order valence-corrected chi connectivity index (χ1v) is 10.4. The predicted octanol–water partition coefficient (Wildman–Crippen LogP) is -4.57. The van der Waals surface area contributed by atoms with E-state index in [1.165, 1.54) is 12.5 Å². The molecule has 1 aromatic heterocycles. The molecule has 5 amide bonds. The monoisotopic (exact) mass is 512 g/mol. The van der Waals surface area contributed by atoms with Gasteiger partial charge in [-0.05, 0) is 6.42 Å². The Morgan fingerprint density at radius 3 is 1.89 bits per heavy atom. The van der Waals surface area contributed by atoms with Gasteiger partial charge < -0.3 is 48.3 Å². The molecule has 0 fully saturated rings. The zero-order chi connectivity index (χ0) is 27.4. The van der Waals surface area contributed by atoms with E-state index in [1.54, 1.807) is 0 Å². The van der Waals surface area contributed by atoms with Crippen LogP contribution in [0.3, 0.4) is 0 Å². The fraction of sp³-hybridized carbons (Fsp3) is 0.474. The van der Waals surface area contributed by atoms with Gasteiger partial charge in [-0.2, -0.15) is 0 Å². The molecular formula is C19H28N8O9. The van der Waals surface area contributed by atoms with Gasteiger partial charge in [-0.3, -0.25) is 28.8 Å². The van der Waals surface area contributed by atoms with E-state index < -0.39 is 78.5 Å². The molecule has 1 heterocycles. The van der Waals surface area contributed by atoms with Crippen molar-refractivity contribution in [2.75, 3.05) is 0 Å². The maximum atomic E-state index is 12.7. The lowest BCUT2D eigenvalue weighted by Gasteiger charge is -2.24. The number of amides is 5. The number of rotatable bonds is 16. The number of carbonyl (C=O) groups excluding carboxylic acids is 5. The molecule has 198 valence electrons. The molecule has 0 radical (unpaired) electrons. The van der Waals surface area contributed by atoms with Crippen molar-refractivity contribution >= 4 is 41.5 Å². The van der Waals surface area contributed by atoms with E-state index in [9.17, 15) is 38.7 Å². The van der Waals surface area contributed by atoms with Gasteiger partial charge in [0, 0.05) is 24.7 Å².